The smallest absolute Gasteiger partial charge is 0.137 e. The van der Waals surface area contributed by atoms with Crippen LogP contribution in [0.3, 0.4) is 0 Å². The van der Waals surface area contributed by atoms with Crippen molar-refractivity contribution in [2.24, 2.45) is 5.41 Å². The highest BCUT2D eigenvalue weighted by Crippen LogP contribution is 2.35. The average Bonchev–Trinajstić information content (AvgIpc) is 3.01. The van der Waals surface area contributed by atoms with Crippen LogP contribution < -0.4 is 5.32 Å². The lowest BCUT2D eigenvalue weighted by Crippen LogP contribution is -2.31. The third kappa shape index (κ3) is 1.97. The normalized spacial score (nSPS) is 30.5. The number of hydrogen-bond acceptors (Lipinski definition) is 4. The molecule has 1 atom stereocenters. The van der Waals surface area contributed by atoms with Gasteiger partial charge in [0.1, 0.15) is 12.7 Å². The van der Waals surface area contributed by atoms with Gasteiger partial charge in [0.05, 0.1) is 6.54 Å². The van der Waals surface area contributed by atoms with Crippen molar-refractivity contribution in [3.8, 4) is 0 Å². The summed E-state index contributed by atoms with van der Waals surface area (Å²) in [6.45, 7) is 6.99. The summed E-state index contributed by atoms with van der Waals surface area (Å²) in [6.07, 6.45) is 6.11. The van der Waals surface area contributed by atoms with Crippen LogP contribution in [0.15, 0.2) is 12.7 Å². The van der Waals surface area contributed by atoms with Crippen LogP contribution in [0.2, 0.25) is 0 Å². The Hall–Kier alpha value is -0.940. The quantitative estimate of drug-likeness (QED) is 0.778. The van der Waals surface area contributed by atoms with Crippen LogP contribution in [-0.4, -0.2) is 52.4 Å². The van der Waals surface area contributed by atoms with Crippen LogP contribution in [0.1, 0.15) is 12.8 Å². The molecule has 5 nitrogen and oxygen atoms in total. The maximum Gasteiger partial charge on any atom is 0.137 e. The number of aromatic nitrogens is 3. The summed E-state index contributed by atoms with van der Waals surface area (Å²) in [7, 11) is 0. The minimum absolute atomic E-state index is 0.586. The summed E-state index contributed by atoms with van der Waals surface area (Å²) in [5.41, 5.74) is 0.586. The summed E-state index contributed by atoms with van der Waals surface area (Å²) in [4.78, 5) is 6.53. The number of rotatable bonds is 3. The van der Waals surface area contributed by atoms with Crippen molar-refractivity contribution >= 4 is 0 Å². The van der Waals surface area contributed by atoms with Crippen molar-refractivity contribution in [3.05, 3.63) is 12.7 Å². The van der Waals surface area contributed by atoms with Gasteiger partial charge < -0.3 is 10.2 Å². The molecule has 3 heterocycles. The molecule has 0 saturated carbocycles. The maximum atomic E-state index is 4.13. The molecule has 1 N–H and O–H groups in total. The van der Waals surface area contributed by atoms with Gasteiger partial charge in [0.15, 0.2) is 0 Å². The number of nitrogens with zero attached hydrogens (tertiary/aromatic N) is 4. The minimum Gasteiger partial charge on any atom is -0.316 e. The van der Waals surface area contributed by atoms with Crippen LogP contribution in [0, 0.1) is 5.41 Å². The molecular weight excluding hydrogens is 202 g/mol. The minimum atomic E-state index is 0.586. The molecule has 2 saturated heterocycles. The van der Waals surface area contributed by atoms with Crippen LogP contribution in [0.25, 0.3) is 0 Å². The topological polar surface area (TPSA) is 46.0 Å². The molecule has 5 heteroatoms. The highest BCUT2D eigenvalue weighted by Gasteiger charge is 2.39. The van der Waals surface area contributed by atoms with E-state index in [0.29, 0.717) is 5.41 Å². The van der Waals surface area contributed by atoms with E-state index in [4.69, 9.17) is 0 Å². The summed E-state index contributed by atoms with van der Waals surface area (Å²) in [5, 5.41) is 7.62. The van der Waals surface area contributed by atoms with Crippen LogP contribution in [0.4, 0.5) is 0 Å². The van der Waals surface area contributed by atoms with Gasteiger partial charge in [-0.3, -0.25) is 4.68 Å². The van der Waals surface area contributed by atoms with Gasteiger partial charge in [-0.2, -0.15) is 5.10 Å². The Bertz CT molecular complexity index is 328. The van der Waals surface area contributed by atoms with E-state index in [1.807, 2.05) is 4.68 Å². The molecule has 2 aliphatic rings. The van der Waals surface area contributed by atoms with Gasteiger partial charge in [-0.25, -0.2) is 4.98 Å². The molecule has 0 radical (unpaired) electrons. The molecule has 88 valence electrons. The van der Waals surface area contributed by atoms with E-state index >= 15 is 0 Å². The highest BCUT2D eigenvalue weighted by atomic mass is 15.3. The first-order valence-electron chi connectivity index (χ1n) is 6.12. The van der Waals surface area contributed by atoms with Crippen LogP contribution in [-0.2, 0) is 6.54 Å². The number of nitrogens with one attached hydrogen (secondary N) is 1. The first-order chi connectivity index (χ1) is 7.86. The highest BCUT2D eigenvalue weighted by molar-refractivity contribution is 4.95. The lowest BCUT2D eigenvalue weighted by atomic mass is 9.87. The molecule has 1 aromatic rings. The Kier molecular flexibility index (Phi) is 2.65. The summed E-state index contributed by atoms with van der Waals surface area (Å²) in [6, 6.07) is 0. The Balaban J connectivity index is 1.50. The van der Waals surface area contributed by atoms with E-state index in [0.717, 1.165) is 13.1 Å². The largest absolute Gasteiger partial charge is 0.316 e. The molecule has 1 spiro atoms. The fraction of sp³-hybridized carbons (Fsp3) is 0.818. The molecule has 1 aromatic heterocycles. The lowest BCUT2D eigenvalue weighted by molar-refractivity contribution is 0.263. The Labute approximate surface area is 95.8 Å². The second kappa shape index (κ2) is 4.14. The molecule has 2 aliphatic heterocycles. The number of hydrogen-bond donors (Lipinski definition) is 1. The average molecular weight is 221 g/mol. The molecule has 0 bridgehead atoms. The lowest BCUT2D eigenvalue weighted by Gasteiger charge is -2.22. The van der Waals surface area contributed by atoms with Crippen molar-refractivity contribution in [3.63, 3.8) is 0 Å². The van der Waals surface area contributed by atoms with Gasteiger partial charge in [-0.15, -0.1) is 0 Å². The van der Waals surface area contributed by atoms with E-state index in [2.05, 4.69) is 20.3 Å². The number of likely N-dealkylation sites (tertiary alicyclic amines) is 1. The van der Waals surface area contributed by atoms with Gasteiger partial charge in [0.2, 0.25) is 0 Å². The summed E-state index contributed by atoms with van der Waals surface area (Å²) >= 11 is 0. The van der Waals surface area contributed by atoms with Crippen molar-refractivity contribution in [2.75, 3.05) is 32.7 Å². The van der Waals surface area contributed by atoms with E-state index in [1.165, 1.54) is 39.0 Å². The second-order valence-electron chi connectivity index (χ2n) is 5.11. The Morgan fingerprint density at radius 1 is 1.31 bits per heavy atom. The summed E-state index contributed by atoms with van der Waals surface area (Å²) < 4.78 is 1.91. The fourth-order valence-corrected chi connectivity index (χ4v) is 2.95. The first-order valence-corrected chi connectivity index (χ1v) is 6.12. The molecular formula is C11H19N5. The Morgan fingerprint density at radius 3 is 3.06 bits per heavy atom. The first kappa shape index (κ1) is 10.2. The molecule has 0 aromatic carbocycles. The Morgan fingerprint density at radius 2 is 2.31 bits per heavy atom. The predicted molar refractivity (Wildman–Crippen MR) is 61.0 cm³/mol. The predicted octanol–water partition coefficient (Wildman–Crippen LogP) is -0.0365. The van der Waals surface area contributed by atoms with E-state index < -0.39 is 0 Å². The molecule has 16 heavy (non-hydrogen) atoms. The second-order valence-corrected chi connectivity index (χ2v) is 5.11. The summed E-state index contributed by atoms with van der Waals surface area (Å²) in [5.74, 6) is 0. The van der Waals surface area contributed by atoms with Crippen molar-refractivity contribution in [1.82, 2.24) is 25.0 Å². The molecule has 1 unspecified atom stereocenters. The zero-order valence-corrected chi connectivity index (χ0v) is 9.60. The van der Waals surface area contributed by atoms with E-state index in [1.54, 1.807) is 12.7 Å². The third-order valence-corrected chi connectivity index (χ3v) is 3.96. The zero-order chi connectivity index (χ0) is 10.8. The van der Waals surface area contributed by atoms with Gasteiger partial charge in [0, 0.05) is 19.6 Å². The maximum absolute atomic E-state index is 4.13. The van der Waals surface area contributed by atoms with Gasteiger partial charge in [-0.1, -0.05) is 0 Å². The zero-order valence-electron chi connectivity index (χ0n) is 9.60. The third-order valence-electron chi connectivity index (χ3n) is 3.96. The molecule has 2 fully saturated rings. The van der Waals surface area contributed by atoms with Gasteiger partial charge >= 0.3 is 0 Å². The van der Waals surface area contributed by atoms with Gasteiger partial charge in [-0.05, 0) is 31.3 Å². The van der Waals surface area contributed by atoms with Crippen LogP contribution >= 0.6 is 0 Å². The van der Waals surface area contributed by atoms with E-state index in [-0.39, 0.29) is 0 Å². The van der Waals surface area contributed by atoms with E-state index in [9.17, 15) is 0 Å². The molecule has 0 amide bonds. The molecule has 0 aliphatic carbocycles. The SMILES string of the molecule is c1ncn(CCN2CCC3(CCNC3)C2)n1. The fourth-order valence-electron chi connectivity index (χ4n) is 2.95. The van der Waals surface area contributed by atoms with Crippen molar-refractivity contribution in [2.45, 2.75) is 19.4 Å². The monoisotopic (exact) mass is 221 g/mol. The van der Waals surface area contributed by atoms with Crippen LogP contribution in [0.5, 0.6) is 0 Å². The standard InChI is InChI=1S/C11H19N5/c1-3-12-7-11(1)2-4-15(8-11)5-6-16-10-13-9-14-16/h9-10,12H,1-8H2. The van der Waals surface area contributed by atoms with Crippen molar-refractivity contribution in [1.29, 1.82) is 0 Å². The molecule has 3 rings (SSSR count). The van der Waals surface area contributed by atoms with Crippen molar-refractivity contribution < 1.29 is 0 Å². The van der Waals surface area contributed by atoms with Gasteiger partial charge in [0.25, 0.3) is 0 Å².